The maximum Gasteiger partial charge on any atom is 0.306 e. The van der Waals surface area contributed by atoms with Gasteiger partial charge in [0.2, 0.25) is 0 Å². The second-order valence-electron chi connectivity index (χ2n) is 5.09. The molecule has 1 aromatic rings. The lowest BCUT2D eigenvalue weighted by Crippen LogP contribution is -2.38. The molecular formula is C15H19NO4. The summed E-state index contributed by atoms with van der Waals surface area (Å²) in [5, 5.41) is 11.6. The lowest BCUT2D eigenvalue weighted by atomic mass is 10.1. The molecule has 0 aromatic heterocycles. The molecule has 5 heteroatoms. The molecular weight excluding hydrogens is 258 g/mol. The molecule has 2 rings (SSSR count). The predicted octanol–water partition coefficient (Wildman–Crippen LogP) is 1.61. The highest BCUT2D eigenvalue weighted by Gasteiger charge is 2.28. The first-order chi connectivity index (χ1) is 9.58. The summed E-state index contributed by atoms with van der Waals surface area (Å²) in [6.45, 7) is 2.15. The van der Waals surface area contributed by atoms with Crippen molar-refractivity contribution in [3.8, 4) is 5.75 Å². The van der Waals surface area contributed by atoms with E-state index in [2.05, 4.69) is 5.32 Å². The van der Waals surface area contributed by atoms with Crippen molar-refractivity contribution in [3.63, 3.8) is 0 Å². The van der Waals surface area contributed by atoms with Gasteiger partial charge in [0.05, 0.1) is 5.92 Å². The average Bonchev–Trinajstić information content (AvgIpc) is 2.86. The Bertz CT molecular complexity index is 475. The van der Waals surface area contributed by atoms with E-state index in [0.717, 1.165) is 11.3 Å². The van der Waals surface area contributed by atoms with Crippen LogP contribution in [0, 0.1) is 5.92 Å². The molecule has 1 aliphatic heterocycles. The first kappa shape index (κ1) is 14.4. The van der Waals surface area contributed by atoms with Crippen LogP contribution < -0.4 is 10.1 Å². The first-order valence-electron chi connectivity index (χ1n) is 6.83. The molecule has 1 heterocycles. The number of para-hydroxylation sites is 1. The zero-order valence-electron chi connectivity index (χ0n) is 11.5. The van der Waals surface area contributed by atoms with Crippen LogP contribution in [0.25, 0.3) is 0 Å². The minimum atomic E-state index is -0.800. The van der Waals surface area contributed by atoms with Crippen molar-refractivity contribution in [2.24, 2.45) is 5.92 Å². The van der Waals surface area contributed by atoms with Crippen molar-refractivity contribution in [1.29, 1.82) is 0 Å². The Kier molecular flexibility index (Phi) is 4.61. The van der Waals surface area contributed by atoms with Gasteiger partial charge in [-0.1, -0.05) is 25.1 Å². The van der Waals surface area contributed by atoms with Crippen LogP contribution in [0.2, 0.25) is 0 Å². The number of carboxylic acid groups (broad SMARTS) is 1. The Balaban J connectivity index is 1.71. The van der Waals surface area contributed by atoms with Gasteiger partial charge in [0.1, 0.15) is 5.75 Å². The van der Waals surface area contributed by atoms with E-state index in [-0.39, 0.29) is 11.8 Å². The highest BCUT2D eigenvalue weighted by Crippen LogP contribution is 2.28. The van der Waals surface area contributed by atoms with Gasteiger partial charge in [-0.05, 0) is 24.5 Å². The van der Waals surface area contributed by atoms with E-state index >= 15 is 0 Å². The van der Waals surface area contributed by atoms with Gasteiger partial charge in [-0.3, -0.25) is 9.59 Å². The predicted molar refractivity (Wildman–Crippen MR) is 73.6 cm³/mol. The SMILES string of the molecule is CC(CCCNC(=O)C1Cc2ccccc2O1)C(=O)O. The number of carboxylic acids is 1. The van der Waals surface area contributed by atoms with Gasteiger partial charge in [0.15, 0.2) is 6.10 Å². The molecule has 0 radical (unpaired) electrons. The van der Waals surface area contributed by atoms with E-state index in [4.69, 9.17) is 9.84 Å². The number of amides is 1. The molecule has 5 nitrogen and oxygen atoms in total. The van der Waals surface area contributed by atoms with Crippen molar-refractivity contribution < 1.29 is 19.4 Å². The summed E-state index contributed by atoms with van der Waals surface area (Å²) in [5.41, 5.74) is 1.05. The summed E-state index contributed by atoms with van der Waals surface area (Å²) in [7, 11) is 0. The third-order valence-corrected chi connectivity index (χ3v) is 3.47. The van der Waals surface area contributed by atoms with E-state index in [9.17, 15) is 9.59 Å². The van der Waals surface area contributed by atoms with Crippen molar-refractivity contribution in [3.05, 3.63) is 29.8 Å². The smallest absolute Gasteiger partial charge is 0.306 e. The molecule has 20 heavy (non-hydrogen) atoms. The van der Waals surface area contributed by atoms with Gasteiger partial charge < -0.3 is 15.2 Å². The second-order valence-corrected chi connectivity index (χ2v) is 5.09. The number of hydrogen-bond donors (Lipinski definition) is 2. The minimum Gasteiger partial charge on any atom is -0.481 e. The summed E-state index contributed by atoms with van der Waals surface area (Å²) >= 11 is 0. The average molecular weight is 277 g/mol. The summed E-state index contributed by atoms with van der Waals surface area (Å²) < 4.78 is 5.58. The van der Waals surface area contributed by atoms with Gasteiger partial charge in [-0.2, -0.15) is 0 Å². The van der Waals surface area contributed by atoms with E-state index in [1.807, 2.05) is 24.3 Å². The van der Waals surface area contributed by atoms with Gasteiger partial charge in [-0.15, -0.1) is 0 Å². The van der Waals surface area contributed by atoms with Crippen molar-refractivity contribution in [2.75, 3.05) is 6.54 Å². The quantitative estimate of drug-likeness (QED) is 0.775. The van der Waals surface area contributed by atoms with Gasteiger partial charge in [-0.25, -0.2) is 0 Å². The lowest BCUT2D eigenvalue weighted by Gasteiger charge is -2.12. The Labute approximate surface area is 117 Å². The number of ether oxygens (including phenoxy) is 1. The van der Waals surface area contributed by atoms with Crippen LogP contribution in [0.1, 0.15) is 25.3 Å². The summed E-state index contributed by atoms with van der Waals surface area (Å²) in [4.78, 5) is 22.6. The first-order valence-corrected chi connectivity index (χ1v) is 6.83. The van der Waals surface area contributed by atoms with E-state index < -0.39 is 12.1 Å². The third kappa shape index (κ3) is 3.50. The van der Waals surface area contributed by atoms with Crippen LogP contribution in [0.3, 0.4) is 0 Å². The summed E-state index contributed by atoms with van der Waals surface area (Å²) in [6, 6.07) is 7.62. The fraction of sp³-hybridized carbons (Fsp3) is 0.467. The van der Waals surface area contributed by atoms with Crippen molar-refractivity contribution >= 4 is 11.9 Å². The Morgan fingerprint density at radius 1 is 1.45 bits per heavy atom. The molecule has 0 spiro atoms. The standard InChI is InChI=1S/C15H19NO4/c1-10(15(18)19)5-4-8-16-14(17)13-9-11-6-2-3-7-12(11)20-13/h2-3,6-7,10,13H,4-5,8-9H2,1H3,(H,16,17)(H,18,19). The molecule has 1 aliphatic rings. The molecule has 1 aromatic carbocycles. The zero-order chi connectivity index (χ0) is 14.5. The number of carbonyl (C=O) groups is 2. The summed E-state index contributed by atoms with van der Waals surface area (Å²) in [5.74, 6) is -0.541. The highest BCUT2D eigenvalue weighted by molar-refractivity contribution is 5.82. The highest BCUT2D eigenvalue weighted by atomic mass is 16.5. The van der Waals surface area contributed by atoms with E-state index in [1.165, 1.54) is 0 Å². The number of benzene rings is 1. The lowest BCUT2D eigenvalue weighted by molar-refractivity contribution is -0.141. The normalized spacial score (nSPS) is 17.9. The molecule has 0 bridgehead atoms. The van der Waals surface area contributed by atoms with E-state index in [1.54, 1.807) is 6.92 Å². The maximum absolute atomic E-state index is 11.9. The molecule has 2 unspecified atom stereocenters. The molecule has 0 fully saturated rings. The number of nitrogens with one attached hydrogen (secondary N) is 1. The van der Waals surface area contributed by atoms with Gasteiger partial charge in [0, 0.05) is 13.0 Å². The molecule has 1 amide bonds. The number of carbonyl (C=O) groups excluding carboxylic acids is 1. The molecule has 0 saturated carbocycles. The van der Waals surface area contributed by atoms with Gasteiger partial charge in [0.25, 0.3) is 5.91 Å². The number of rotatable bonds is 6. The van der Waals surface area contributed by atoms with E-state index in [0.29, 0.717) is 25.8 Å². The molecule has 2 N–H and O–H groups in total. The topological polar surface area (TPSA) is 75.6 Å². The fourth-order valence-electron chi connectivity index (χ4n) is 2.19. The molecule has 0 aliphatic carbocycles. The Hall–Kier alpha value is -2.04. The summed E-state index contributed by atoms with van der Waals surface area (Å²) in [6.07, 6.45) is 1.33. The minimum absolute atomic E-state index is 0.135. The van der Waals surface area contributed by atoms with Crippen LogP contribution in [-0.4, -0.2) is 29.6 Å². The maximum atomic E-state index is 11.9. The molecule has 108 valence electrons. The zero-order valence-corrected chi connectivity index (χ0v) is 11.5. The van der Waals surface area contributed by atoms with Crippen LogP contribution in [0.5, 0.6) is 5.75 Å². The van der Waals surface area contributed by atoms with Crippen LogP contribution >= 0.6 is 0 Å². The number of hydrogen-bond acceptors (Lipinski definition) is 3. The van der Waals surface area contributed by atoms with Crippen LogP contribution in [-0.2, 0) is 16.0 Å². The third-order valence-electron chi connectivity index (χ3n) is 3.47. The van der Waals surface area contributed by atoms with Crippen LogP contribution in [0.15, 0.2) is 24.3 Å². The largest absolute Gasteiger partial charge is 0.481 e. The fourth-order valence-corrected chi connectivity index (χ4v) is 2.19. The molecule has 0 saturated heterocycles. The van der Waals surface area contributed by atoms with Crippen LogP contribution in [0.4, 0.5) is 0 Å². The number of aliphatic carboxylic acids is 1. The van der Waals surface area contributed by atoms with Crippen molar-refractivity contribution in [2.45, 2.75) is 32.3 Å². The van der Waals surface area contributed by atoms with Gasteiger partial charge >= 0.3 is 5.97 Å². The Morgan fingerprint density at radius 2 is 2.20 bits per heavy atom. The Morgan fingerprint density at radius 3 is 2.90 bits per heavy atom. The molecule has 2 atom stereocenters. The monoisotopic (exact) mass is 277 g/mol. The second kappa shape index (κ2) is 6.41. The number of fused-ring (bicyclic) bond motifs is 1. The van der Waals surface area contributed by atoms with Crippen molar-refractivity contribution in [1.82, 2.24) is 5.32 Å².